The van der Waals surface area contributed by atoms with Crippen LogP contribution >= 0.6 is 0 Å². The highest BCUT2D eigenvalue weighted by Crippen LogP contribution is 2.20. The monoisotopic (exact) mass is 416 g/mol. The van der Waals surface area contributed by atoms with Crippen LogP contribution in [0.25, 0.3) is 10.9 Å². The van der Waals surface area contributed by atoms with Crippen LogP contribution in [0.1, 0.15) is 28.6 Å². The van der Waals surface area contributed by atoms with E-state index in [1.807, 2.05) is 61.5 Å². The van der Waals surface area contributed by atoms with Gasteiger partial charge in [-0.05, 0) is 55.3 Å². The predicted molar refractivity (Wildman–Crippen MR) is 119 cm³/mol. The summed E-state index contributed by atoms with van der Waals surface area (Å²) in [6.07, 6.45) is 2.15. The maximum atomic E-state index is 13.0. The number of nitrogens with zero attached hydrogens (tertiary/aromatic N) is 1. The molecule has 0 aliphatic heterocycles. The van der Waals surface area contributed by atoms with Crippen molar-refractivity contribution in [3.05, 3.63) is 100 Å². The van der Waals surface area contributed by atoms with E-state index in [1.165, 1.54) is 6.26 Å². The average Bonchev–Trinajstić information content (AvgIpc) is 3.32. The minimum absolute atomic E-state index is 0.177. The van der Waals surface area contributed by atoms with Crippen molar-refractivity contribution in [1.82, 2.24) is 9.88 Å². The summed E-state index contributed by atoms with van der Waals surface area (Å²) in [5, 5.41) is 0.856. The molecule has 4 aromatic rings. The lowest BCUT2D eigenvalue weighted by Crippen LogP contribution is -2.34. The van der Waals surface area contributed by atoms with E-state index in [9.17, 15) is 9.59 Å². The first-order valence-corrected chi connectivity index (χ1v) is 10.3. The van der Waals surface area contributed by atoms with Crippen molar-refractivity contribution in [3.8, 4) is 5.75 Å². The number of hydrogen-bond acceptors (Lipinski definition) is 4. The van der Waals surface area contributed by atoms with Gasteiger partial charge in [0.25, 0.3) is 11.5 Å². The minimum Gasteiger partial charge on any atom is -0.494 e. The van der Waals surface area contributed by atoms with E-state index in [4.69, 9.17) is 9.15 Å². The van der Waals surface area contributed by atoms with Gasteiger partial charge < -0.3 is 19.0 Å². The molecule has 0 radical (unpaired) electrons. The molecule has 2 aromatic heterocycles. The summed E-state index contributed by atoms with van der Waals surface area (Å²) in [5.74, 6) is 0.744. The van der Waals surface area contributed by atoms with E-state index in [0.717, 1.165) is 22.2 Å². The fraction of sp³-hybridized carbons (Fsp3) is 0.200. The summed E-state index contributed by atoms with van der Waals surface area (Å²) in [6.45, 7) is 3.12. The molecule has 31 heavy (non-hydrogen) atoms. The van der Waals surface area contributed by atoms with E-state index >= 15 is 0 Å². The number of benzene rings is 2. The van der Waals surface area contributed by atoms with Crippen LogP contribution < -0.4 is 10.3 Å². The Hall–Kier alpha value is -3.80. The third-order valence-corrected chi connectivity index (χ3v) is 5.10. The highest BCUT2D eigenvalue weighted by molar-refractivity contribution is 5.91. The van der Waals surface area contributed by atoms with Gasteiger partial charge in [0.15, 0.2) is 5.76 Å². The second-order valence-electron chi connectivity index (χ2n) is 7.25. The molecule has 0 atom stereocenters. The van der Waals surface area contributed by atoms with E-state index in [2.05, 4.69) is 4.98 Å². The zero-order valence-corrected chi connectivity index (χ0v) is 17.3. The fourth-order valence-corrected chi connectivity index (χ4v) is 3.53. The van der Waals surface area contributed by atoms with Crippen molar-refractivity contribution in [3.63, 3.8) is 0 Å². The van der Waals surface area contributed by atoms with E-state index in [0.29, 0.717) is 25.1 Å². The fourth-order valence-electron chi connectivity index (χ4n) is 3.53. The van der Waals surface area contributed by atoms with Crippen LogP contribution in [0.5, 0.6) is 5.75 Å². The second-order valence-corrected chi connectivity index (χ2v) is 7.25. The number of carbonyl (C=O) groups is 1. The smallest absolute Gasteiger partial charge is 0.289 e. The summed E-state index contributed by atoms with van der Waals surface area (Å²) >= 11 is 0. The van der Waals surface area contributed by atoms with Gasteiger partial charge in [0, 0.05) is 23.0 Å². The molecule has 0 unspecified atom stereocenters. The summed E-state index contributed by atoms with van der Waals surface area (Å²) in [6, 6.07) is 20.6. The van der Waals surface area contributed by atoms with Crippen molar-refractivity contribution in [2.45, 2.75) is 19.9 Å². The zero-order valence-electron chi connectivity index (χ0n) is 17.3. The number of pyridine rings is 1. The topological polar surface area (TPSA) is 75.5 Å². The number of ether oxygens (including phenoxy) is 1. The molecule has 0 aliphatic carbocycles. The lowest BCUT2D eigenvalue weighted by molar-refractivity contribution is 0.0712. The maximum Gasteiger partial charge on any atom is 0.289 e. The van der Waals surface area contributed by atoms with Crippen LogP contribution in [0.15, 0.2) is 82.2 Å². The first-order valence-electron chi connectivity index (χ1n) is 10.3. The minimum atomic E-state index is -0.247. The van der Waals surface area contributed by atoms with Crippen molar-refractivity contribution in [2.75, 3.05) is 13.2 Å². The van der Waals surface area contributed by atoms with Crippen LogP contribution in [0.2, 0.25) is 0 Å². The molecule has 2 heterocycles. The number of H-pyrrole nitrogens is 1. The Labute approximate surface area is 180 Å². The highest BCUT2D eigenvalue weighted by Gasteiger charge is 2.20. The number of aromatic amines is 1. The number of fused-ring (bicyclic) bond motifs is 1. The lowest BCUT2D eigenvalue weighted by Gasteiger charge is -2.22. The van der Waals surface area contributed by atoms with Gasteiger partial charge in [-0.1, -0.05) is 30.3 Å². The van der Waals surface area contributed by atoms with Gasteiger partial charge in [0.05, 0.1) is 19.4 Å². The Morgan fingerprint density at radius 1 is 1.06 bits per heavy atom. The van der Waals surface area contributed by atoms with Crippen molar-refractivity contribution < 1.29 is 13.9 Å². The summed E-state index contributed by atoms with van der Waals surface area (Å²) < 4.78 is 10.9. The second kappa shape index (κ2) is 9.34. The molecule has 0 aliphatic rings. The van der Waals surface area contributed by atoms with Crippen molar-refractivity contribution in [2.24, 2.45) is 0 Å². The maximum absolute atomic E-state index is 13.0. The van der Waals surface area contributed by atoms with Crippen LogP contribution in [0, 0.1) is 0 Å². The summed E-state index contributed by atoms with van der Waals surface area (Å²) in [5.41, 5.74) is 2.14. The zero-order chi connectivity index (χ0) is 21.6. The lowest BCUT2D eigenvalue weighted by atomic mass is 10.1. The molecule has 0 saturated heterocycles. The molecule has 1 amide bonds. The third-order valence-electron chi connectivity index (χ3n) is 5.10. The molecule has 6 heteroatoms. The molecule has 158 valence electrons. The molecular formula is C25H24N2O4. The van der Waals surface area contributed by atoms with Gasteiger partial charge in [0.1, 0.15) is 5.75 Å². The van der Waals surface area contributed by atoms with Gasteiger partial charge in [-0.3, -0.25) is 9.59 Å². The van der Waals surface area contributed by atoms with Crippen molar-refractivity contribution >= 4 is 16.8 Å². The Morgan fingerprint density at radius 3 is 2.65 bits per heavy atom. The number of hydrogen-bond donors (Lipinski definition) is 1. The normalized spacial score (nSPS) is 10.9. The molecule has 4 rings (SSSR count). The van der Waals surface area contributed by atoms with Gasteiger partial charge >= 0.3 is 0 Å². The Balaban J connectivity index is 1.63. The Morgan fingerprint density at radius 2 is 1.90 bits per heavy atom. The summed E-state index contributed by atoms with van der Waals surface area (Å²) in [4.78, 5) is 30.3. The van der Waals surface area contributed by atoms with Crippen LogP contribution in [-0.2, 0) is 13.0 Å². The largest absolute Gasteiger partial charge is 0.494 e. The van der Waals surface area contributed by atoms with Crippen molar-refractivity contribution in [1.29, 1.82) is 0 Å². The molecule has 6 nitrogen and oxygen atoms in total. The van der Waals surface area contributed by atoms with Crippen LogP contribution in [0.4, 0.5) is 0 Å². The predicted octanol–water partition coefficient (Wildman–Crippen LogP) is 4.40. The van der Waals surface area contributed by atoms with Gasteiger partial charge in [-0.25, -0.2) is 0 Å². The quantitative estimate of drug-likeness (QED) is 0.462. The average molecular weight is 416 g/mol. The molecular weight excluding hydrogens is 392 g/mol. The molecule has 2 aromatic carbocycles. The molecule has 0 saturated carbocycles. The van der Waals surface area contributed by atoms with Gasteiger partial charge in [0.2, 0.25) is 0 Å². The van der Waals surface area contributed by atoms with E-state index in [1.54, 1.807) is 17.0 Å². The number of amides is 1. The van der Waals surface area contributed by atoms with E-state index in [-0.39, 0.29) is 23.8 Å². The number of nitrogens with one attached hydrogen (secondary N) is 1. The molecule has 0 fully saturated rings. The third kappa shape index (κ3) is 4.86. The van der Waals surface area contributed by atoms with Gasteiger partial charge in [-0.15, -0.1) is 0 Å². The summed E-state index contributed by atoms with van der Waals surface area (Å²) in [7, 11) is 0. The SMILES string of the molecule is CCOc1ccc2[nH]c(=O)c(CN(CCc3ccccc3)C(=O)c3ccco3)cc2c1. The number of aromatic nitrogens is 1. The number of furan rings is 1. The number of rotatable bonds is 8. The van der Waals surface area contributed by atoms with Gasteiger partial charge in [-0.2, -0.15) is 0 Å². The van der Waals surface area contributed by atoms with Crippen LogP contribution in [0.3, 0.4) is 0 Å². The standard InChI is InChI=1S/C25H24N2O4/c1-2-30-21-10-11-22-19(16-21)15-20(24(28)26-22)17-27(25(29)23-9-6-14-31-23)13-12-18-7-4-3-5-8-18/h3-11,14-16H,2,12-13,17H2,1H3,(H,26,28). The Kier molecular flexibility index (Phi) is 6.17. The first kappa shape index (κ1) is 20.5. The first-order chi connectivity index (χ1) is 15.1. The Bertz CT molecular complexity index is 1210. The number of carbonyl (C=O) groups excluding carboxylic acids is 1. The highest BCUT2D eigenvalue weighted by atomic mass is 16.5. The molecule has 0 bridgehead atoms. The van der Waals surface area contributed by atoms with Crippen LogP contribution in [-0.4, -0.2) is 28.9 Å². The molecule has 0 spiro atoms. The molecule has 1 N–H and O–H groups in total. The van der Waals surface area contributed by atoms with E-state index < -0.39 is 0 Å².